The fourth-order valence-electron chi connectivity index (χ4n) is 2.85. The molecule has 28 heavy (non-hydrogen) atoms. The average molecular weight is 392 g/mol. The maximum Gasteiger partial charge on any atom is 0.239 e. The first-order valence-electron chi connectivity index (χ1n) is 9.07. The van der Waals surface area contributed by atoms with E-state index in [4.69, 9.17) is 4.52 Å². The second-order valence-corrected chi connectivity index (χ2v) is 8.09. The number of thioether (sulfide) groups is 1. The number of aromatic nitrogens is 5. The molecule has 0 aliphatic rings. The summed E-state index contributed by atoms with van der Waals surface area (Å²) in [5.41, 5.74) is 4.45. The van der Waals surface area contributed by atoms with Crippen molar-refractivity contribution in [2.75, 3.05) is 0 Å². The Morgan fingerprint density at radius 1 is 0.893 bits per heavy atom. The van der Waals surface area contributed by atoms with E-state index in [9.17, 15) is 0 Å². The third-order valence-electron chi connectivity index (χ3n) is 4.41. The van der Waals surface area contributed by atoms with Gasteiger partial charge in [-0.05, 0) is 39.8 Å². The van der Waals surface area contributed by atoms with Crippen LogP contribution in [0.5, 0.6) is 0 Å². The van der Waals surface area contributed by atoms with Gasteiger partial charge in [-0.25, -0.2) is 0 Å². The number of nitrogens with zero attached hydrogens (tertiary/aromatic N) is 5. The van der Waals surface area contributed by atoms with Gasteiger partial charge in [0.2, 0.25) is 5.89 Å². The first-order chi connectivity index (χ1) is 13.5. The largest absolute Gasteiger partial charge is 0.338 e. The van der Waals surface area contributed by atoms with E-state index in [1.165, 1.54) is 11.1 Å². The van der Waals surface area contributed by atoms with Gasteiger partial charge in [0.05, 0.1) is 5.25 Å². The Morgan fingerprint density at radius 2 is 1.54 bits per heavy atom. The second-order valence-electron chi connectivity index (χ2n) is 6.78. The predicted octanol–water partition coefficient (Wildman–Crippen LogP) is 5.10. The van der Waals surface area contributed by atoms with Crippen LogP contribution < -0.4 is 0 Å². The van der Waals surface area contributed by atoms with Crippen molar-refractivity contribution < 1.29 is 4.52 Å². The van der Waals surface area contributed by atoms with Crippen LogP contribution >= 0.6 is 11.8 Å². The van der Waals surface area contributed by atoms with Crippen molar-refractivity contribution in [1.82, 2.24) is 24.9 Å². The molecule has 0 spiro atoms. The van der Waals surface area contributed by atoms with E-state index >= 15 is 0 Å². The molecule has 0 saturated heterocycles. The topological polar surface area (TPSA) is 69.6 Å². The Bertz CT molecular complexity index is 1080. The van der Waals surface area contributed by atoms with Crippen molar-refractivity contribution in [1.29, 1.82) is 0 Å². The van der Waals surface area contributed by atoms with Gasteiger partial charge in [-0.3, -0.25) is 4.57 Å². The standard InChI is InChI=1S/C21H21N5OS/c1-13-5-9-17(10-6-13)19-23-24-21(26(19)18-11-7-14(2)8-12-18)28-15(3)20-22-16(4)25-27-20/h5-12,15H,1-4H3. The van der Waals surface area contributed by atoms with Crippen molar-refractivity contribution in [2.24, 2.45) is 0 Å². The van der Waals surface area contributed by atoms with Gasteiger partial charge in [-0.1, -0.05) is 64.4 Å². The zero-order valence-corrected chi connectivity index (χ0v) is 17.1. The normalized spacial score (nSPS) is 12.3. The summed E-state index contributed by atoms with van der Waals surface area (Å²) in [6.07, 6.45) is 0. The number of hydrogen-bond donors (Lipinski definition) is 0. The molecule has 0 amide bonds. The highest BCUT2D eigenvalue weighted by Gasteiger charge is 2.21. The molecule has 0 aliphatic heterocycles. The average Bonchev–Trinajstić information content (AvgIpc) is 3.30. The van der Waals surface area contributed by atoms with Crippen LogP contribution in [0.4, 0.5) is 0 Å². The monoisotopic (exact) mass is 391 g/mol. The van der Waals surface area contributed by atoms with Crippen LogP contribution in [0.25, 0.3) is 17.1 Å². The predicted molar refractivity (Wildman–Crippen MR) is 110 cm³/mol. The lowest BCUT2D eigenvalue weighted by atomic mass is 10.1. The molecule has 4 aromatic rings. The molecule has 6 nitrogen and oxygen atoms in total. The van der Waals surface area contributed by atoms with E-state index in [2.05, 4.69) is 87.3 Å². The molecule has 0 fully saturated rings. The molecule has 0 N–H and O–H groups in total. The highest BCUT2D eigenvalue weighted by molar-refractivity contribution is 7.99. The maximum absolute atomic E-state index is 5.32. The number of benzene rings is 2. The number of aryl methyl sites for hydroxylation is 3. The Hall–Kier alpha value is -2.93. The van der Waals surface area contributed by atoms with E-state index in [-0.39, 0.29) is 5.25 Å². The first kappa shape index (κ1) is 18.4. The minimum atomic E-state index is -0.0412. The fraction of sp³-hybridized carbons (Fsp3) is 0.238. The van der Waals surface area contributed by atoms with E-state index in [1.807, 2.05) is 13.8 Å². The minimum Gasteiger partial charge on any atom is -0.338 e. The van der Waals surface area contributed by atoms with Crippen LogP contribution in [0, 0.1) is 20.8 Å². The molecular weight excluding hydrogens is 370 g/mol. The van der Waals surface area contributed by atoms with Crippen molar-refractivity contribution in [3.8, 4) is 17.1 Å². The van der Waals surface area contributed by atoms with Gasteiger partial charge in [0.15, 0.2) is 16.8 Å². The third kappa shape index (κ3) is 3.71. The number of hydrogen-bond acceptors (Lipinski definition) is 6. The van der Waals surface area contributed by atoms with E-state index in [1.54, 1.807) is 11.8 Å². The quantitative estimate of drug-likeness (QED) is 0.441. The smallest absolute Gasteiger partial charge is 0.239 e. The van der Waals surface area contributed by atoms with Crippen LogP contribution in [0.15, 0.2) is 58.2 Å². The van der Waals surface area contributed by atoms with Gasteiger partial charge >= 0.3 is 0 Å². The Balaban J connectivity index is 1.77. The minimum absolute atomic E-state index is 0.0412. The molecule has 4 rings (SSSR count). The van der Waals surface area contributed by atoms with Crippen molar-refractivity contribution in [3.05, 3.63) is 71.4 Å². The lowest BCUT2D eigenvalue weighted by molar-refractivity contribution is 0.376. The molecule has 1 atom stereocenters. The van der Waals surface area contributed by atoms with Gasteiger partial charge in [-0.15, -0.1) is 10.2 Å². The fourth-order valence-corrected chi connectivity index (χ4v) is 3.75. The zero-order valence-electron chi connectivity index (χ0n) is 16.2. The highest BCUT2D eigenvalue weighted by Crippen LogP contribution is 2.36. The van der Waals surface area contributed by atoms with Crippen molar-refractivity contribution in [2.45, 2.75) is 38.1 Å². The molecule has 0 saturated carbocycles. The molecule has 0 bridgehead atoms. The molecule has 2 heterocycles. The molecule has 7 heteroatoms. The SMILES string of the molecule is Cc1ccc(-c2nnc(SC(C)c3nc(C)no3)n2-c2ccc(C)cc2)cc1. The van der Waals surface area contributed by atoms with Crippen LogP contribution in [0.3, 0.4) is 0 Å². The summed E-state index contributed by atoms with van der Waals surface area (Å²) in [6, 6.07) is 16.7. The van der Waals surface area contributed by atoms with Gasteiger partial charge in [-0.2, -0.15) is 4.98 Å². The summed E-state index contributed by atoms with van der Waals surface area (Å²) in [4.78, 5) is 4.34. The molecule has 0 aliphatic carbocycles. The Kier molecular flexibility index (Phi) is 5.00. The summed E-state index contributed by atoms with van der Waals surface area (Å²) >= 11 is 1.55. The van der Waals surface area contributed by atoms with Gasteiger partial charge < -0.3 is 4.52 Å². The molecule has 1 unspecified atom stereocenters. The van der Waals surface area contributed by atoms with Gasteiger partial charge in [0.1, 0.15) is 0 Å². The summed E-state index contributed by atoms with van der Waals surface area (Å²) in [7, 11) is 0. The molecule has 142 valence electrons. The second kappa shape index (κ2) is 7.59. The zero-order chi connectivity index (χ0) is 19.7. The van der Waals surface area contributed by atoms with Crippen LogP contribution in [-0.2, 0) is 0 Å². The van der Waals surface area contributed by atoms with Crippen molar-refractivity contribution >= 4 is 11.8 Å². The summed E-state index contributed by atoms with van der Waals surface area (Å²) in [6.45, 7) is 7.99. The number of rotatable bonds is 5. The van der Waals surface area contributed by atoms with Gasteiger partial charge in [0, 0.05) is 11.3 Å². The molecule has 2 aromatic carbocycles. The van der Waals surface area contributed by atoms with Gasteiger partial charge in [0.25, 0.3) is 0 Å². The van der Waals surface area contributed by atoms with Crippen LogP contribution in [0.1, 0.15) is 35.0 Å². The van der Waals surface area contributed by atoms with E-state index < -0.39 is 0 Å². The van der Waals surface area contributed by atoms with E-state index in [0.29, 0.717) is 11.7 Å². The lowest BCUT2D eigenvalue weighted by Crippen LogP contribution is -2.01. The first-order valence-corrected chi connectivity index (χ1v) is 9.95. The Labute approximate surface area is 168 Å². The molecule has 2 aromatic heterocycles. The lowest BCUT2D eigenvalue weighted by Gasteiger charge is -2.12. The molecule has 0 radical (unpaired) electrons. The van der Waals surface area contributed by atoms with Crippen molar-refractivity contribution in [3.63, 3.8) is 0 Å². The molecular formula is C21H21N5OS. The maximum atomic E-state index is 5.32. The summed E-state index contributed by atoms with van der Waals surface area (Å²) < 4.78 is 7.40. The Morgan fingerprint density at radius 3 is 2.14 bits per heavy atom. The van der Waals surface area contributed by atoms with Crippen LogP contribution in [-0.4, -0.2) is 24.9 Å². The van der Waals surface area contributed by atoms with E-state index in [0.717, 1.165) is 22.2 Å². The highest BCUT2D eigenvalue weighted by atomic mass is 32.2. The summed E-state index contributed by atoms with van der Waals surface area (Å²) in [5, 5.41) is 13.6. The summed E-state index contributed by atoms with van der Waals surface area (Å²) in [5.74, 6) is 2.01. The third-order valence-corrected chi connectivity index (χ3v) is 5.44. The van der Waals surface area contributed by atoms with Crippen LogP contribution in [0.2, 0.25) is 0 Å².